The van der Waals surface area contributed by atoms with Crippen molar-refractivity contribution in [3.8, 4) is 11.1 Å². The van der Waals surface area contributed by atoms with E-state index in [1.165, 1.54) is 12.1 Å². The third kappa shape index (κ3) is 2.43. The maximum Gasteiger partial charge on any atom is 0.124 e. The molecule has 0 bridgehead atoms. The lowest BCUT2D eigenvalue weighted by Gasteiger charge is -2.43. The predicted octanol–water partition coefficient (Wildman–Crippen LogP) is 5.60. The van der Waals surface area contributed by atoms with Gasteiger partial charge in [0.05, 0.1) is 22.2 Å². The van der Waals surface area contributed by atoms with Crippen LogP contribution in [0.1, 0.15) is 37.8 Å². The maximum atomic E-state index is 14.2. The topological polar surface area (TPSA) is 48.0 Å². The van der Waals surface area contributed by atoms with E-state index in [1.807, 2.05) is 39.8 Å². The van der Waals surface area contributed by atoms with Gasteiger partial charge >= 0.3 is 0 Å². The van der Waals surface area contributed by atoms with E-state index in [0.29, 0.717) is 5.02 Å². The van der Waals surface area contributed by atoms with Crippen molar-refractivity contribution < 1.29 is 9.50 Å². The number of hydrogen-bond donors (Lipinski definition) is 3. The van der Waals surface area contributed by atoms with Crippen LogP contribution < -0.4 is 5.32 Å². The van der Waals surface area contributed by atoms with Crippen LogP contribution in [0.4, 0.5) is 10.1 Å². The highest BCUT2D eigenvalue weighted by Gasteiger charge is 2.40. The second kappa shape index (κ2) is 5.73. The molecule has 0 amide bonds. The molecular formula is C21H22ClFN2O. The summed E-state index contributed by atoms with van der Waals surface area (Å²) in [6.45, 7) is 7.95. The molecule has 1 aliphatic heterocycles. The third-order valence-electron chi connectivity index (χ3n) is 5.53. The molecule has 2 heterocycles. The fourth-order valence-corrected chi connectivity index (χ4v) is 4.56. The van der Waals surface area contributed by atoms with Crippen molar-refractivity contribution in [1.82, 2.24) is 4.98 Å². The molecule has 3 aromatic rings. The number of aryl methyl sites for hydroxylation is 1. The number of aliphatic hydroxyl groups excluding tert-OH is 1. The summed E-state index contributed by atoms with van der Waals surface area (Å²) in [5.41, 5.74) is 4.77. The minimum Gasteiger partial charge on any atom is -0.390 e. The lowest BCUT2D eigenvalue weighted by molar-refractivity contribution is 0.0869. The van der Waals surface area contributed by atoms with E-state index < -0.39 is 11.6 Å². The molecule has 1 aliphatic rings. The Labute approximate surface area is 157 Å². The molecule has 4 rings (SSSR count). The zero-order valence-electron chi connectivity index (χ0n) is 15.2. The molecule has 1 aromatic heterocycles. The fourth-order valence-electron chi connectivity index (χ4n) is 4.14. The van der Waals surface area contributed by atoms with Gasteiger partial charge in [0.1, 0.15) is 5.82 Å². The average Bonchev–Trinajstić information content (AvgIpc) is 3.03. The summed E-state index contributed by atoms with van der Waals surface area (Å²) in [6, 6.07) is 6.85. The van der Waals surface area contributed by atoms with Crippen LogP contribution in [0, 0.1) is 12.7 Å². The Bertz CT molecular complexity index is 1020. The Morgan fingerprint density at radius 2 is 1.92 bits per heavy atom. The van der Waals surface area contributed by atoms with Gasteiger partial charge in [0.25, 0.3) is 0 Å². The van der Waals surface area contributed by atoms with Crippen molar-refractivity contribution in [2.45, 2.75) is 45.3 Å². The molecule has 5 heteroatoms. The number of benzene rings is 2. The summed E-state index contributed by atoms with van der Waals surface area (Å²) in [7, 11) is 0. The number of fused-ring (bicyclic) bond motifs is 2. The van der Waals surface area contributed by atoms with Crippen molar-refractivity contribution in [3.63, 3.8) is 0 Å². The minimum absolute atomic E-state index is 0.139. The van der Waals surface area contributed by atoms with Gasteiger partial charge in [0.15, 0.2) is 0 Å². The van der Waals surface area contributed by atoms with Gasteiger partial charge in [0, 0.05) is 39.9 Å². The van der Waals surface area contributed by atoms with Gasteiger partial charge in [-0.1, -0.05) is 18.5 Å². The van der Waals surface area contributed by atoms with Crippen LogP contribution in [0.5, 0.6) is 0 Å². The molecule has 0 saturated carbocycles. The van der Waals surface area contributed by atoms with Crippen molar-refractivity contribution in [2.24, 2.45) is 0 Å². The summed E-state index contributed by atoms with van der Waals surface area (Å²) in [4.78, 5) is 3.18. The van der Waals surface area contributed by atoms with E-state index in [2.05, 4.69) is 10.3 Å². The van der Waals surface area contributed by atoms with Crippen molar-refractivity contribution >= 4 is 28.2 Å². The number of hydrogen-bond acceptors (Lipinski definition) is 2. The van der Waals surface area contributed by atoms with Crippen molar-refractivity contribution in [3.05, 3.63) is 52.4 Å². The summed E-state index contributed by atoms with van der Waals surface area (Å²) in [6.07, 6.45) is 1.21. The largest absolute Gasteiger partial charge is 0.390 e. The number of rotatable bonds is 1. The van der Waals surface area contributed by atoms with E-state index in [-0.39, 0.29) is 11.7 Å². The van der Waals surface area contributed by atoms with Crippen molar-refractivity contribution in [2.75, 3.05) is 5.32 Å². The van der Waals surface area contributed by atoms with Crippen molar-refractivity contribution in [1.29, 1.82) is 0 Å². The summed E-state index contributed by atoms with van der Waals surface area (Å²) in [5.74, 6) is -0.439. The Morgan fingerprint density at radius 3 is 2.65 bits per heavy atom. The van der Waals surface area contributed by atoms with Gasteiger partial charge < -0.3 is 15.4 Å². The van der Waals surface area contributed by atoms with Gasteiger partial charge in [-0.25, -0.2) is 4.39 Å². The van der Waals surface area contributed by atoms with Crippen LogP contribution in [0.3, 0.4) is 0 Å². The quantitative estimate of drug-likeness (QED) is 0.520. The molecule has 0 saturated heterocycles. The zero-order chi connectivity index (χ0) is 18.8. The number of aromatic nitrogens is 1. The van der Waals surface area contributed by atoms with Crippen LogP contribution in [-0.4, -0.2) is 21.7 Å². The highest BCUT2D eigenvalue weighted by Crippen LogP contribution is 2.48. The SMILES string of the molecule is Cc1cc(-c2cc(F)cc3cc[nH]c23)c(Cl)c2c1NC(C)(C)[C@@H](O)[C@@H]2C. The number of nitrogens with one attached hydrogen (secondary N) is 2. The molecule has 2 atom stereocenters. The normalized spacial score (nSPS) is 21.5. The molecule has 0 fully saturated rings. The average molecular weight is 373 g/mol. The smallest absolute Gasteiger partial charge is 0.124 e. The third-order valence-corrected chi connectivity index (χ3v) is 5.93. The summed E-state index contributed by atoms with van der Waals surface area (Å²) in [5, 5.41) is 15.5. The molecule has 3 nitrogen and oxygen atoms in total. The van der Waals surface area contributed by atoms with Gasteiger partial charge in [-0.15, -0.1) is 0 Å². The highest BCUT2D eigenvalue weighted by atomic mass is 35.5. The first-order valence-electron chi connectivity index (χ1n) is 8.77. The van der Waals surface area contributed by atoms with E-state index in [4.69, 9.17) is 11.6 Å². The molecule has 136 valence electrons. The second-order valence-corrected chi connectivity index (χ2v) is 8.20. The summed E-state index contributed by atoms with van der Waals surface area (Å²) >= 11 is 6.82. The van der Waals surface area contributed by atoms with Crippen LogP contribution in [-0.2, 0) is 0 Å². The van der Waals surface area contributed by atoms with E-state index in [0.717, 1.165) is 38.8 Å². The number of H-pyrrole nitrogens is 1. The Morgan fingerprint density at radius 1 is 1.19 bits per heavy atom. The molecule has 26 heavy (non-hydrogen) atoms. The molecule has 0 radical (unpaired) electrons. The first kappa shape index (κ1) is 17.4. The Kier molecular flexibility index (Phi) is 3.83. The summed E-state index contributed by atoms with van der Waals surface area (Å²) < 4.78 is 14.2. The van der Waals surface area contributed by atoms with Gasteiger partial charge in [-0.05, 0) is 50.6 Å². The van der Waals surface area contributed by atoms with Crippen LogP contribution >= 0.6 is 11.6 Å². The standard InChI is InChI=1S/C21H22ClFN2O/c1-10-7-14(15-9-13(23)8-12-5-6-24-19(12)15)17(22)16-11(2)20(26)21(3,4)25-18(10)16/h5-9,11,20,24-26H,1-4H3/t11-,20+/m1/s1. The van der Waals surface area contributed by atoms with Gasteiger partial charge in [-0.2, -0.15) is 0 Å². The van der Waals surface area contributed by atoms with Crippen LogP contribution in [0.15, 0.2) is 30.5 Å². The minimum atomic E-state index is -0.583. The van der Waals surface area contributed by atoms with Crippen LogP contribution in [0.2, 0.25) is 5.02 Å². The maximum absolute atomic E-state index is 14.2. The number of halogens is 2. The van der Waals surface area contributed by atoms with E-state index in [1.54, 1.807) is 6.20 Å². The zero-order valence-corrected chi connectivity index (χ0v) is 16.0. The second-order valence-electron chi connectivity index (χ2n) is 7.82. The van der Waals surface area contributed by atoms with Gasteiger partial charge in [0.2, 0.25) is 0 Å². The highest BCUT2D eigenvalue weighted by molar-refractivity contribution is 6.35. The van der Waals surface area contributed by atoms with Crippen LogP contribution in [0.25, 0.3) is 22.0 Å². The number of anilines is 1. The molecule has 0 unspecified atom stereocenters. The van der Waals surface area contributed by atoms with E-state index in [9.17, 15) is 9.50 Å². The molecule has 2 aromatic carbocycles. The Hall–Kier alpha value is -2.04. The lowest BCUT2D eigenvalue weighted by Crippen LogP contribution is -2.50. The molecule has 3 N–H and O–H groups in total. The Balaban J connectivity index is 2.01. The van der Waals surface area contributed by atoms with Gasteiger partial charge in [-0.3, -0.25) is 0 Å². The molecule has 0 aliphatic carbocycles. The lowest BCUT2D eigenvalue weighted by atomic mass is 9.77. The first-order chi connectivity index (χ1) is 12.2. The fraction of sp³-hybridized carbons (Fsp3) is 0.333. The first-order valence-corrected chi connectivity index (χ1v) is 9.14. The monoisotopic (exact) mass is 372 g/mol. The van der Waals surface area contributed by atoms with E-state index >= 15 is 0 Å². The predicted molar refractivity (Wildman–Crippen MR) is 106 cm³/mol. The molecule has 0 spiro atoms. The molecular weight excluding hydrogens is 351 g/mol. The number of aromatic amines is 1. The number of aliphatic hydroxyl groups is 1.